The van der Waals surface area contributed by atoms with Gasteiger partial charge in [-0.1, -0.05) is 29.8 Å². The molecule has 0 spiro atoms. The fourth-order valence-corrected chi connectivity index (χ4v) is 5.56. The zero-order chi connectivity index (χ0) is 17.9. The number of halogens is 2. The van der Waals surface area contributed by atoms with Crippen molar-refractivity contribution >= 4 is 21.4 Å². The molecule has 136 valence electrons. The number of nitrogens with one attached hydrogen (secondary N) is 1. The largest absolute Gasteiger partial charge is 0.342 e. The average Bonchev–Trinajstić information content (AvgIpc) is 2.62. The second-order valence-corrected chi connectivity index (χ2v) is 8.95. The van der Waals surface area contributed by atoms with Gasteiger partial charge in [0.2, 0.25) is 0 Å². The first kappa shape index (κ1) is 18.4. The Hall–Kier alpha value is -1.37. The maximum atomic E-state index is 13.1. The highest BCUT2D eigenvalue weighted by Gasteiger charge is 2.35. The van der Waals surface area contributed by atoms with Crippen LogP contribution in [0.2, 0.25) is 0 Å². The lowest BCUT2D eigenvalue weighted by Gasteiger charge is -2.34. The van der Waals surface area contributed by atoms with Gasteiger partial charge in [0.25, 0.3) is 0 Å². The number of benzene rings is 1. The minimum Gasteiger partial charge on any atom is -0.342 e. The highest BCUT2D eigenvalue weighted by atomic mass is 35.5. The van der Waals surface area contributed by atoms with Crippen molar-refractivity contribution in [2.24, 2.45) is 0 Å². The number of rotatable bonds is 5. The van der Waals surface area contributed by atoms with E-state index in [1.54, 1.807) is 35.3 Å². The van der Waals surface area contributed by atoms with Gasteiger partial charge in [0.05, 0.1) is 5.25 Å². The Morgan fingerprint density at radius 1 is 1.20 bits per heavy atom. The predicted molar refractivity (Wildman–Crippen MR) is 98.5 cm³/mol. The summed E-state index contributed by atoms with van der Waals surface area (Å²) in [5, 5.41) is 3.12. The van der Waals surface area contributed by atoms with Crippen molar-refractivity contribution in [3.63, 3.8) is 0 Å². The molecule has 1 aromatic carbocycles. The fourth-order valence-electron chi connectivity index (χ4n) is 3.22. The number of allylic oxidation sites excluding steroid dienone is 2. The minimum atomic E-state index is -3.43. The Morgan fingerprint density at radius 2 is 1.88 bits per heavy atom. The lowest BCUT2D eigenvalue weighted by Crippen LogP contribution is -2.42. The van der Waals surface area contributed by atoms with E-state index in [2.05, 4.69) is 5.32 Å². The number of hydrogen-bond acceptors (Lipinski definition) is 4. The zero-order valence-electron chi connectivity index (χ0n) is 13.9. The highest BCUT2D eigenvalue weighted by molar-refractivity contribution is 7.95. The molecular formula is C18H22ClFN2O2S. The SMILES string of the molecule is O=S(=O)(C1=CC=CC(Cl)N1CCc1ccc(F)cc1)C1CCNCC1. The molecule has 2 heterocycles. The van der Waals surface area contributed by atoms with E-state index >= 15 is 0 Å². The van der Waals surface area contributed by atoms with E-state index < -0.39 is 15.3 Å². The van der Waals surface area contributed by atoms with E-state index in [4.69, 9.17) is 11.6 Å². The van der Waals surface area contributed by atoms with Crippen LogP contribution in [0, 0.1) is 5.82 Å². The summed E-state index contributed by atoms with van der Waals surface area (Å²) in [4.78, 5) is 1.72. The molecule has 0 bridgehead atoms. The first-order chi connectivity index (χ1) is 12.0. The topological polar surface area (TPSA) is 49.4 Å². The second-order valence-electron chi connectivity index (χ2n) is 6.33. The summed E-state index contributed by atoms with van der Waals surface area (Å²) in [6.07, 6.45) is 6.94. The summed E-state index contributed by atoms with van der Waals surface area (Å²) in [7, 11) is -3.43. The van der Waals surface area contributed by atoms with Crippen LogP contribution < -0.4 is 5.32 Å². The molecule has 1 atom stereocenters. The van der Waals surface area contributed by atoms with E-state index in [9.17, 15) is 12.8 Å². The molecule has 4 nitrogen and oxygen atoms in total. The first-order valence-electron chi connectivity index (χ1n) is 8.47. The minimum absolute atomic E-state index is 0.283. The van der Waals surface area contributed by atoms with Crippen LogP contribution in [0.5, 0.6) is 0 Å². The van der Waals surface area contributed by atoms with E-state index in [1.807, 2.05) is 0 Å². The molecule has 0 amide bonds. The molecule has 0 aliphatic carbocycles. The van der Waals surface area contributed by atoms with Crippen LogP contribution in [0.3, 0.4) is 0 Å². The van der Waals surface area contributed by atoms with Crippen LogP contribution in [0.25, 0.3) is 0 Å². The molecule has 1 aromatic rings. The van der Waals surface area contributed by atoms with Crippen molar-refractivity contribution in [1.82, 2.24) is 10.2 Å². The van der Waals surface area contributed by atoms with Crippen LogP contribution in [0.4, 0.5) is 4.39 Å². The van der Waals surface area contributed by atoms with Gasteiger partial charge in [-0.2, -0.15) is 0 Å². The molecule has 2 aliphatic heterocycles. The maximum absolute atomic E-state index is 13.1. The van der Waals surface area contributed by atoms with E-state index in [-0.39, 0.29) is 11.1 Å². The van der Waals surface area contributed by atoms with Gasteiger partial charge in [0, 0.05) is 6.54 Å². The van der Waals surface area contributed by atoms with Gasteiger partial charge in [-0.25, -0.2) is 12.8 Å². The fraction of sp³-hybridized carbons (Fsp3) is 0.444. The van der Waals surface area contributed by atoms with Gasteiger partial charge < -0.3 is 10.2 Å². The molecule has 3 rings (SSSR count). The predicted octanol–water partition coefficient (Wildman–Crippen LogP) is 2.81. The monoisotopic (exact) mass is 384 g/mol. The number of nitrogens with zero attached hydrogens (tertiary/aromatic N) is 1. The summed E-state index contributed by atoms with van der Waals surface area (Å²) >= 11 is 6.38. The third kappa shape index (κ3) is 4.25. The van der Waals surface area contributed by atoms with Crippen LogP contribution in [0.1, 0.15) is 18.4 Å². The Labute approximate surface area is 153 Å². The Morgan fingerprint density at radius 3 is 2.56 bits per heavy atom. The van der Waals surface area contributed by atoms with Crippen LogP contribution in [-0.2, 0) is 16.3 Å². The van der Waals surface area contributed by atoms with Crippen molar-refractivity contribution in [2.45, 2.75) is 30.0 Å². The van der Waals surface area contributed by atoms with Crippen molar-refractivity contribution in [1.29, 1.82) is 0 Å². The zero-order valence-corrected chi connectivity index (χ0v) is 15.4. The molecule has 1 fully saturated rings. The molecule has 1 saturated heterocycles. The molecule has 0 radical (unpaired) electrons. The Kier molecular flexibility index (Phi) is 5.81. The van der Waals surface area contributed by atoms with Crippen molar-refractivity contribution < 1.29 is 12.8 Å². The van der Waals surface area contributed by atoms with Crippen LogP contribution in [-0.4, -0.2) is 43.7 Å². The van der Waals surface area contributed by atoms with Crippen molar-refractivity contribution in [2.75, 3.05) is 19.6 Å². The molecule has 2 aliphatic rings. The lowest BCUT2D eigenvalue weighted by atomic mass is 10.1. The van der Waals surface area contributed by atoms with Gasteiger partial charge >= 0.3 is 0 Å². The van der Waals surface area contributed by atoms with Crippen molar-refractivity contribution in [3.8, 4) is 0 Å². The van der Waals surface area contributed by atoms with Crippen LogP contribution >= 0.6 is 11.6 Å². The third-order valence-corrected chi connectivity index (χ3v) is 7.34. The normalized spacial score (nSPS) is 22.1. The summed E-state index contributed by atoms with van der Waals surface area (Å²) in [5.74, 6) is -0.283. The number of hydrogen-bond donors (Lipinski definition) is 1. The smallest absolute Gasteiger partial charge is 0.196 e. The molecule has 1 unspecified atom stereocenters. The number of sulfone groups is 1. The molecule has 7 heteroatoms. The summed E-state index contributed by atoms with van der Waals surface area (Å²) in [6.45, 7) is 1.89. The molecule has 25 heavy (non-hydrogen) atoms. The summed E-state index contributed by atoms with van der Waals surface area (Å²) in [5.41, 5.74) is 0.440. The first-order valence-corrected chi connectivity index (χ1v) is 10.4. The Balaban J connectivity index is 1.77. The lowest BCUT2D eigenvalue weighted by molar-refractivity contribution is 0.366. The van der Waals surface area contributed by atoms with E-state index in [1.165, 1.54) is 12.1 Å². The van der Waals surface area contributed by atoms with Crippen molar-refractivity contribution in [3.05, 3.63) is 58.9 Å². The second kappa shape index (κ2) is 7.89. The van der Waals surface area contributed by atoms with Gasteiger partial charge in [0.15, 0.2) is 9.84 Å². The van der Waals surface area contributed by atoms with Crippen LogP contribution in [0.15, 0.2) is 47.5 Å². The molecule has 1 N–H and O–H groups in total. The summed E-state index contributed by atoms with van der Waals surface area (Å²) in [6, 6.07) is 6.24. The third-order valence-electron chi connectivity index (χ3n) is 4.66. The van der Waals surface area contributed by atoms with E-state index in [0.29, 0.717) is 43.9 Å². The van der Waals surface area contributed by atoms with E-state index in [0.717, 1.165) is 5.56 Å². The Bertz CT molecular complexity index is 756. The highest BCUT2D eigenvalue weighted by Crippen LogP contribution is 2.29. The standard InChI is InChI=1S/C18H22ClFN2O2S/c19-17-2-1-3-18(25(23,24)16-8-11-21-12-9-16)22(17)13-10-14-4-6-15(20)7-5-14/h1-7,16-17,21H,8-13H2. The summed E-state index contributed by atoms with van der Waals surface area (Å²) < 4.78 is 39.2. The van der Waals surface area contributed by atoms with Gasteiger partial charge in [-0.3, -0.25) is 0 Å². The molecule has 0 saturated carbocycles. The van der Waals surface area contributed by atoms with Gasteiger partial charge in [-0.05, 0) is 62.2 Å². The quantitative estimate of drug-likeness (QED) is 0.626. The molecule has 0 aromatic heterocycles. The number of piperidine rings is 1. The maximum Gasteiger partial charge on any atom is 0.196 e. The average molecular weight is 385 g/mol. The molecular weight excluding hydrogens is 363 g/mol. The number of alkyl halides is 1. The van der Waals surface area contributed by atoms with Gasteiger partial charge in [0.1, 0.15) is 16.3 Å². The van der Waals surface area contributed by atoms with Gasteiger partial charge in [-0.15, -0.1) is 0 Å².